The minimum atomic E-state index is -3.47. The van der Waals surface area contributed by atoms with Crippen molar-refractivity contribution in [2.45, 2.75) is 29.1 Å². The van der Waals surface area contributed by atoms with Crippen molar-refractivity contribution >= 4 is 37.9 Å². The molecule has 3 aromatic rings. The summed E-state index contributed by atoms with van der Waals surface area (Å²) < 4.78 is 33.7. The predicted octanol–water partition coefficient (Wildman–Crippen LogP) is 4.09. The molecule has 0 atom stereocenters. The number of carbonyl (C=O) groups is 1. The Morgan fingerprint density at radius 2 is 1.79 bits per heavy atom. The SMILES string of the molecule is O=C1CC2(CCN(S(=O)(=O)c3cccs3)CC2)Oc2ccc3ccccc3c21. The first-order valence-electron chi connectivity index (χ1n) is 9.26. The average molecular weight is 414 g/mol. The topological polar surface area (TPSA) is 63.7 Å². The van der Waals surface area contributed by atoms with E-state index in [1.807, 2.05) is 36.4 Å². The Balaban J connectivity index is 1.42. The standard InChI is InChI=1S/C21H19NO4S2/c23-17-14-21(26-18-8-7-15-4-1-2-5-16(15)20(17)18)9-11-22(12-10-21)28(24,25)19-6-3-13-27-19/h1-8,13H,9-12,14H2. The average Bonchev–Trinajstić information content (AvgIpc) is 3.23. The number of carbonyl (C=O) groups excluding carboxylic acids is 1. The monoisotopic (exact) mass is 413 g/mol. The number of hydrogen-bond acceptors (Lipinski definition) is 5. The molecule has 28 heavy (non-hydrogen) atoms. The van der Waals surface area contributed by atoms with Crippen LogP contribution in [-0.2, 0) is 10.0 Å². The van der Waals surface area contributed by atoms with E-state index in [1.165, 1.54) is 15.6 Å². The molecular formula is C21H19NO4S2. The van der Waals surface area contributed by atoms with E-state index in [0.29, 0.717) is 47.9 Å². The van der Waals surface area contributed by atoms with Crippen LogP contribution in [0.3, 0.4) is 0 Å². The maximum atomic E-state index is 13.0. The van der Waals surface area contributed by atoms with Gasteiger partial charge in [0.1, 0.15) is 15.6 Å². The van der Waals surface area contributed by atoms with E-state index < -0.39 is 15.6 Å². The highest BCUT2D eigenvalue weighted by Crippen LogP contribution is 2.42. The van der Waals surface area contributed by atoms with Gasteiger partial charge in [0.2, 0.25) is 0 Å². The lowest BCUT2D eigenvalue weighted by Crippen LogP contribution is -2.52. The highest BCUT2D eigenvalue weighted by atomic mass is 32.2. The van der Waals surface area contributed by atoms with Crippen LogP contribution < -0.4 is 4.74 Å². The Kier molecular flexibility index (Phi) is 4.08. The number of hydrogen-bond donors (Lipinski definition) is 0. The number of ketones is 1. The Hall–Kier alpha value is -2.22. The van der Waals surface area contributed by atoms with Crippen molar-refractivity contribution in [3.8, 4) is 5.75 Å². The van der Waals surface area contributed by atoms with Gasteiger partial charge in [0.25, 0.3) is 10.0 Å². The van der Waals surface area contributed by atoms with Crippen molar-refractivity contribution < 1.29 is 17.9 Å². The fraction of sp³-hybridized carbons (Fsp3) is 0.286. The van der Waals surface area contributed by atoms with E-state index in [4.69, 9.17) is 4.74 Å². The lowest BCUT2D eigenvalue weighted by atomic mass is 9.82. The van der Waals surface area contributed by atoms with Gasteiger partial charge in [0, 0.05) is 25.9 Å². The number of Topliss-reactive ketones (excluding diaryl/α,β-unsaturated/α-hetero) is 1. The zero-order chi connectivity index (χ0) is 19.4. The van der Waals surface area contributed by atoms with Gasteiger partial charge < -0.3 is 4.74 Å². The number of benzene rings is 2. The molecule has 0 aliphatic carbocycles. The van der Waals surface area contributed by atoms with Crippen LogP contribution in [0.4, 0.5) is 0 Å². The van der Waals surface area contributed by atoms with Crippen LogP contribution in [0.2, 0.25) is 0 Å². The Morgan fingerprint density at radius 1 is 1.00 bits per heavy atom. The summed E-state index contributed by atoms with van der Waals surface area (Å²) in [6.07, 6.45) is 1.31. The van der Waals surface area contributed by atoms with Gasteiger partial charge in [-0.05, 0) is 28.3 Å². The molecule has 0 amide bonds. The van der Waals surface area contributed by atoms with E-state index in [0.717, 1.165) is 10.8 Å². The third-order valence-corrected chi connectivity index (χ3v) is 8.97. The van der Waals surface area contributed by atoms with Crippen molar-refractivity contribution in [3.05, 3.63) is 59.5 Å². The molecule has 7 heteroatoms. The molecule has 0 N–H and O–H groups in total. The second kappa shape index (κ2) is 6.40. The summed E-state index contributed by atoms with van der Waals surface area (Å²) in [6, 6.07) is 15.0. The highest BCUT2D eigenvalue weighted by molar-refractivity contribution is 7.91. The zero-order valence-corrected chi connectivity index (χ0v) is 16.8. The zero-order valence-electron chi connectivity index (χ0n) is 15.1. The van der Waals surface area contributed by atoms with Gasteiger partial charge in [-0.2, -0.15) is 4.31 Å². The maximum Gasteiger partial charge on any atom is 0.252 e. The van der Waals surface area contributed by atoms with Gasteiger partial charge in [-0.1, -0.05) is 36.4 Å². The van der Waals surface area contributed by atoms with Gasteiger partial charge >= 0.3 is 0 Å². The summed E-state index contributed by atoms with van der Waals surface area (Å²) in [6.45, 7) is 0.715. The fourth-order valence-corrected chi connectivity index (χ4v) is 6.81. The minimum Gasteiger partial charge on any atom is -0.486 e. The minimum absolute atomic E-state index is 0.0765. The highest BCUT2D eigenvalue weighted by Gasteiger charge is 2.45. The maximum absolute atomic E-state index is 13.0. The molecular weight excluding hydrogens is 394 g/mol. The summed E-state index contributed by atoms with van der Waals surface area (Å²) in [5.41, 5.74) is 0.0333. The Morgan fingerprint density at radius 3 is 2.54 bits per heavy atom. The van der Waals surface area contributed by atoms with Crippen LogP contribution in [0.1, 0.15) is 29.6 Å². The van der Waals surface area contributed by atoms with Crippen LogP contribution >= 0.6 is 11.3 Å². The van der Waals surface area contributed by atoms with E-state index in [9.17, 15) is 13.2 Å². The van der Waals surface area contributed by atoms with E-state index in [1.54, 1.807) is 17.5 Å². The molecule has 0 saturated carbocycles. The smallest absolute Gasteiger partial charge is 0.252 e. The van der Waals surface area contributed by atoms with E-state index in [2.05, 4.69) is 0 Å². The molecule has 2 aromatic carbocycles. The molecule has 0 unspecified atom stereocenters. The van der Waals surface area contributed by atoms with Crippen LogP contribution in [-0.4, -0.2) is 37.2 Å². The molecule has 5 nitrogen and oxygen atoms in total. The number of ether oxygens (including phenoxy) is 1. The van der Waals surface area contributed by atoms with Gasteiger partial charge in [-0.15, -0.1) is 11.3 Å². The first-order chi connectivity index (χ1) is 13.5. The third kappa shape index (κ3) is 2.77. The number of piperidine rings is 1. The van der Waals surface area contributed by atoms with Crippen LogP contribution in [0.15, 0.2) is 58.1 Å². The Labute approximate surface area is 167 Å². The van der Waals surface area contributed by atoms with Gasteiger partial charge in [0.05, 0.1) is 12.0 Å². The molecule has 2 aliphatic rings. The lowest BCUT2D eigenvalue weighted by Gasteiger charge is -2.43. The van der Waals surface area contributed by atoms with Crippen molar-refractivity contribution in [1.29, 1.82) is 0 Å². The second-order valence-electron chi connectivity index (χ2n) is 7.38. The third-order valence-electron chi connectivity index (χ3n) is 5.70. The summed E-state index contributed by atoms with van der Waals surface area (Å²) >= 11 is 1.23. The number of thiophene rings is 1. The first kappa shape index (κ1) is 17.8. The van der Waals surface area contributed by atoms with Crippen molar-refractivity contribution in [2.24, 2.45) is 0 Å². The van der Waals surface area contributed by atoms with Crippen LogP contribution in [0.25, 0.3) is 10.8 Å². The molecule has 3 heterocycles. The molecule has 1 fully saturated rings. The van der Waals surface area contributed by atoms with Gasteiger partial charge in [-0.3, -0.25) is 4.79 Å². The van der Waals surface area contributed by atoms with Gasteiger partial charge in [0.15, 0.2) is 5.78 Å². The quantitative estimate of drug-likeness (QED) is 0.635. The first-order valence-corrected chi connectivity index (χ1v) is 11.6. The van der Waals surface area contributed by atoms with Crippen molar-refractivity contribution in [2.75, 3.05) is 13.1 Å². The summed E-state index contributed by atoms with van der Waals surface area (Å²) in [7, 11) is -3.47. The van der Waals surface area contributed by atoms with Crippen molar-refractivity contribution in [1.82, 2.24) is 4.31 Å². The Bertz CT molecular complexity index is 1160. The summed E-state index contributed by atoms with van der Waals surface area (Å²) in [5.74, 6) is 0.692. The van der Waals surface area contributed by atoms with E-state index in [-0.39, 0.29) is 5.78 Å². The molecule has 1 aromatic heterocycles. The molecule has 0 bridgehead atoms. The van der Waals surface area contributed by atoms with Crippen LogP contribution in [0.5, 0.6) is 5.75 Å². The largest absolute Gasteiger partial charge is 0.486 e. The normalized spacial score (nSPS) is 19.5. The molecule has 1 saturated heterocycles. The lowest BCUT2D eigenvalue weighted by molar-refractivity contribution is 0.00624. The van der Waals surface area contributed by atoms with Crippen molar-refractivity contribution in [3.63, 3.8) is 0 Å². The van der Waals surface area contributed by atoms with E-state index >= 15 is 0 Å². The van der Waals surface area contributed by atoms with Gasteiger partial charge in [-0.25, -0.2) is 8.42 Å². The molecule has 5 rings (SSSR count). The fourth-order valence-electron chi connectivity index (χ4n) is 4.22. The second-order valence-corrected chi connectivity index (χ2v) is 10.5. The predicted molar refractivity (Wildman–Crippen MR) is 109 cm³/mol. The summed E-state index contributed by atoms with van der Waals surface area (Å²) in [4.78, 5) is 13.0. The summed E-state index contributed by atoms with van der Waals surface area (Å²) in [5, 5.41) is 3.70. The number of rotatable bonds is 2. The number of sulfonamides is 1. The number of nitrogens with zero attached hydrogens (tertiary/aromatic N) is 1. The molecule has 0 radical (unpaired) electrons. The number of fused-ring (bicyclic) bond motifs is 3. The molecule has 144 valence electrons. The molecule has 2 aliphatic heterocycles. The van der Waals surface area contributed by atoms with Crippen LogP contribution in [0, 0.1) is 0 Å². The molecule has 1 spiro atoms.